The number of nitrogens with one attached hydrogen (secondary N) is 1. The molecule has 0 bridgehead atoms. The van der Waals surface area contributed by atoms with E-state index in [2.05, 4.69) is 5.32 Å². The van der Waals surface area contributed by atoms with E-state index >= 15 is 0 Å². The second kappa shape index (κ2) is 9.17. The molecule has 0 unspecified atom stereocenters. The first-order valence-corrected chi connectivity index (χ1v) is 9.78. The highest BCUT2D eigenvalue weighted by Gasteiger charge is 2.12. The average molecular weight is 414 g/mol. The number of anilines is 1. The average Bonchev–Trinajstić information content (AvgIpc) is 2.82. The zero-order valence-electron chi connectivity index (χ0n) is 17.3. The van der Waals surface area contributed by atoms with Crippen LogP contribution in [0, 0.1) is 0 Å². The molecule has 1 amide bonds. The van der Waals surface area contributed by atoms with Gasteiger partial charge in [0.05, 0.1) is 25.4 Å². The summed E-state index contributed by atoms with van der Waals surface area (Å²) in [7, 11) is 3.11. The van der Waals surface area contributed by atoms with E-state index < -0.39 is 0 Å². The summed E-state index contributed by atoms with van der Waals surface area (Å²) in [4.78, 5) is 17.2. The van der Waals surface area contributed by atoms with E-state index in [0.717, 1.165) is 22.2 Å². The van der Waals surface area contributed by atoms with Crippen LogP contribution in [0.2, 0.25) is 0 Å². The second-order valence-corrected chi connectivity index (χ2v) is 6.80. The quantitative estimate of drug-likeness (QED) is 0.464. The maximum absolute atomic E-state index is 12.5. The van der Waals surface area contributed by atoms with E-state index in [1.54, 1.807) is 32.4 Å². The van der Waals surface area contributed by atoms with Crippen molar-refractivity contribution >= 4 is 22.5 Å². The lowest BCUT2D eigenvalue weighted by atomic mass is 10.1. The minimum atomic E-state index is -0.283. The number of amides is 1. The molecule has 6 nitrogen and oxygen atoms in total. The molecule has 0 aliphatic rings. The van der Waals surface area contributed by atoms with Crippen LogP contribution in [0.3, 0.4) is 0 Å². The smallest absolute Gasteiger partial charge is 0.262 e. The number of hydrogen-bond acceptors (Lipinski definition) is 5. The molecule has 0 spiro atoms. The fourth-order valence-electron chi connectivity index (χ4n) is 3.27. The number of carbonyl (C=O) groups excluding carboxylic acids is 1. The van der Waals surface area contributed by atoms with Gasteiger partial charge >= 0.3 is 0 Å². The molecule has 31 heavy (non-hydrogen) atoms. The first-order valence-electron chi connectivity index (χ1n) is 9.78. The Hall–Kier alpha value is -4.06. The fourth-order valence-corrected chi connectivity index (χ4v) is 3.27. The number of pyridine rings is 1. The molecule has 0 radical (unpaired) electrons. The molecule has 0 fully saturated rings. The summed E-state index contributed by atoms with van der Waals surface area (Å²) in [6.07, 6.45) is 0. The minimum absolute atomic E-state index is 0.142. The molecule has 0 saturated carbocycles. The van der Waals surface area contributed by atoms with Crippen LogP contribution in [-0.4, -0.2) is 31.7 Å². The number of ether oxygens (including phenoxy) is 3. The number of hydrogen-bond donors (Lipinski definition) is 1. The lowest BCUT2D eigenvalue weighted by Gasteiger charge is -2.13. The van der Waals surface area contributed by atoms with E-state index in [9.17, 15) is 4.79 Å². The van der Waals surface area contributed by atoms with Crippen LogP contribution >= 0.6 is 0 Å². The third-order valence-corrected chi connectivity index (χ3v) is 4.77. The molecule has 6 heteroatoms. The first-order chi connectivity index (χ1) is 15.2. The fraction of sp³-hybridized carbons (Fsp3) is 0.120. The van der Waals surface area contributed by atoms with E-state index in [1.807, 2.05) is 60.7 Å². The Kier molecular flexibility index (Phi) is 5.98. The number of carbonyl (C=O) groups is 1. The predicted molar refractivity (Wildman–Crippen MR) is 121 cm³/mol. The van der Waals surface area contributed by atoms with E-state index in [0.29, 0.717) is 22.9 Å². The van der Waals surface area contributed by atoms with Crippen molar-refractivity contribution in [1.29, 1.82) is 0 Å². The van der Waals surface area contributed by atoms with Gasteiger partial charge in [0.2, 0.25) is 0 Å². The van der Waals surface area contributed by atoms with Gasteiger partial charge in [0, 0.05) is 28.8 Å². The number of methoxy groups -OCH3 is 2. The number of nitrogens with zero attached hydrogens (tertiary/aromatic N) is 1. The third kappa shape index (κ3) is 4.59. The number of aromatic nitrogens is 1. The lowest BCUT2D eigenvalue weighted by molar-refractivity contribution is -0.118. The van der Waals surface area contributed by atoms with Gasteiger partial charge in [0.15, 0.2) is 18.1 Å². The van der Waals surface area contributed by atoms with Crippen molar-refractivity contribution in [2.45, 2.75) is 0 Å². The molecular weight excluding hydrogens is 392 g/mol. The van der Waals surface area contributed by atoms with Crippen LogP contribution in [0.5, 0.6) is 17.2 Å². The maximum atomic E-state index is 12.5. The van der Waals surface area contributed by atoms with Crippen molar-refractivity contribution in [2.24, 2.45) is 0 Å². The molecule has 0 atom stereocenters. The van der Waals surface area contributed by atoms with E-state index in [1.165, 1.54) is 0 Å². The standard InChI is InChI=1S/C25H22N2O4/c1-29-22-13-12-18(14-24(22)30-2)26-25(28)16-31-23-15-21(17-8-4-3-5-9-17)27-20-11-7-6-10-19(20)23/h3-15H,16H2,1-2H3,(H,26,28). The Morgan fingerprint density at radius 3 is 2.35 bits per heavy atom. The Morgan fingerprint density at radius 2 is 1.58 bits per heavy atom. The lowest BCUT2D eigenvalue weighted by Crippen LogP contribution is -2.20. The Morgan fingerprint density at radius 1 is 0.839 bits per heavy atom. The van der Waals surface area contributed by atoms with Crippen LogP contribution < -0.4 is 19.5 Å². The van der Waals surface area contributed by atoms with Gasteiger partial charge in [-0.15, -0.1) is 0 Å². The molecule has 0 aliphatic carbocycles. The molecule has 0 aliphatic heterocycles. The largest absolute Gasteiger partial charge is 0.493 e. The van der Waals surface area contributed by atoms with Crippen molar-refractivity contribution in [2.75, 3.05) is 26.1 Å². The van der Waals surface area contributed by atoms with Gasteiger partial charge < -0.3 is 19.5 Å². The van der Waals surface area contributed by atoms with Gasteiger partial charge in [-0.25, -0.2) is 4.98 Å². The second-order valence-electron chi connectivity index (χ2n) is 6.80. The number of benzene rings is 3. The highest BCUT2D eigenvalue weighted by Crippen LogP contribution is 2.31. The number of fused-ring (bicyclic) bond motifs is 1. The van der Waals surface area contributed by atoms with E-state index in [4.69, 9.17) is 19.2 Å². The normalized spacial score (nSPS) is 10.5. The van der Waals surface area contributed by atoms with Gasteiger partial charge in [0.1, 0.15) is 5.75 Å². The van der Waals surface area contributed by atoms with E-state index in [-0.39, 0.29) is 12.5 Å². The van der Waals surface area contributed by atoms with Crippen LogP contribution in [0.15, 0.2) is 78.9 Å². The van der Waals surface area contributed by atoms with Gasteiger partial charge in [0.25, 0.3) is 5.91 Å². The minimum Gasteiger partial charge on any atom is -0.493 e. The van der Waals surface area contributed by atoms with Gasteiger partial charge in [-0.05, 0) is 24.3 Å². The van der Waals surface area contributed by atoms with Crippen molar-refractivity contribution in [3.8, 4) is 28.5 Å². The summed E-state index contributed by atoms with van der Waals surface area (Å²) < 4.78 is 16.4. The Bertz CT molecular complexity index is 1210. The molecule has 0 saturated heterocycles. The summed E-state index contributed by atoms with van der Waals surface area (Å²) >= 11 is 0. The zero-order chi connectivity index (χ0) is 21.6. The Labute approximate surface area is 180 Å². The highest BCUT2D eigenvalue weighted by atomic mass is 16.5. The number of para-hydroxylation sites is 1. The zero-order valence-corrected chi connectivity index (χ0v) is 17.3. The predicted octanol–water partition coefficient (Wildman–Crippen LogP) is 4.94. The van der Waals surface area contributed by atoms with Crippen molar-refractivity contribution in [1.82, 2.24) is 4.98 Å². The molecule has 3 aromatic carbocycles. The maximum Gasteiger partial charge on any atom is 0.262 e. The first kappa shape index (κ1) is 20.2. The summed E-state index contributed by atoms with van der Waals surface area (Å²) in [5.74, 6) is 1.45. The molecular formula is C25H22N2O4. The molecule has 1 heterocycles. The van der Waals surface area contributed by atoms with Crippen molar-refractivity contribution < 1.29 is 19.0 Å². The van der Waals surface area contributed by atoms with Crippen LogP contribution in [0.1, 0.15) is 0 Å². The SMILES string of the molecule is COc1ccc(NC(=O)COc2cc(-c3ccccc3)nc3ccccc23)cc1OC. The summed E-state index contributed by atoms with van der Waals surface area (Å²) in [5.41, 5.74) is 3.16. The molecule has 1 N–H and O–H groups in total. The highest BCUT2D eigenvalue weighted by molar-refractivity contribution is 5.93. The van der Waals surface area contributed by atoms with Crippen LogP contribution in [-0.2, 0) is 4.79 Å². The number of rotatable bonds is 7. The summed E-state index contributed by atoms with van der Waals surface area (Å²) in [6.45, 7) is -0.142. The van der Waals surface area contributed by atoms with Crippen LogP contribution in [0.4, 0.5) is 5.69 Å². The Balaban J connectivity index is 1.54. The van der Waals surface area contributed by atoms with Gasteiger partial charge in [-0.1, -0.05) is 42.5 Å². The molecule has 4 aromatic rings. The molecule has 156 valence electrons. The molecule has 1 aromatic heterocycles. The van der Waals surface area contributed by atoms with Crippen LogP contribution in [0.25, 0.3) is 22.2 Å². The monoisotopic (exact) mass is 414 g/mol. The summed E-state index contributed by atoms with van der Waals surface area (Å²) in [6, 6.07) is 24.6. The van der Waals surface area contributed by atoms with Gasteiger partial charge in [-0.3, -0.25) is 4.79 Å². The van der Waals surface area contributed by atoms with Crippen molar-refractivity contribution in [3.63, 3.8) is 0 Å². The summed E-state index contributed by atoms with van der Waals surface area (Å²) in [5, 5.41) is 3.67. The van der Waals surface area contributed by atoms with Crippen molar-refractivity contribution in [3.05, 3.63) is 78.9 Å². The van der Waals surface area contributed by atoms with Gasteiger partial charge in [-0.2, -0.15) is 0 Å². The topological polar surface area (TPSA) is 69.7 Å². The third-order valence-electron chi connectivity index (χ3n) is 4.77. The molecule has 4 rings (SSSR count).